The molecule has 0 saturated carbocycles. The van der Waals surface area contributed by atoms with Gasteiger partial charge in [0.1, 0.15) is 5.82 Å². The smallest absolute Gasteiger partial charge is 0.178 e. The normalized spacial score (nSPS) is 11.3. The third kappa shape index (κ3) is 2.46. The first-order valence-corrected chi connectivity index (χ1v) is 7.73. The SMILES string of the molecule is CCCCc1nc2nc(CO)c(-c3cccs3)cc2[nH]1. The number of unbranched alkanes of at least 4 members (excludes halogenated alkanes) is 1. The third-order valence-electron chi connectivity index (χ3n) is 3.30. The van der Waals surface area contributed by atoms with Crippen LogP contribution in [0.25, 0.3) is 21.6 Å². The molecule has 20 heavy (non-hydrogen) atoms. The van der Waals surface area contributed by atoms with Gasteiger partial charge in [-0.25, -0.2) is 9.97 Å². The summed E-state index contributed by atoms with van der Waals surface area (Å²) in [5.74, 6) is 0.974. The number of aryl methyl sites for hydroxylation is 1. The molecule has 0 aliphatic heterocycles. The summed E-state index contributed by atoms with van der Waals surface area (Å²) in [5, 5.41) is 11.6. The van der Waals surface area contributed by atoms with Gasteiger partial charge in [0.25, 0.3) is 0 Å². The largest absolute Gasteiger partial charge is 0.390 e. The molecule has 3 heterocycles. The number of aliphatic hydroxyl groups is 1. The van der Waals surface area contributed by atoms with E-state index >= 15 is 0 Å². The number of nitrogens with one attached hydrogen (secondary N) is 1. The van der Waals surface area contributed by atoms with Gasteiger partial charge < -0.3 is 10.1 Å². The summed E-state index contributed by atoms with van der Waals surface area (Å²) in [7, 11) is 0. The van der Waals surface area contributed by atoms with Gasteiger partial charge in [0.05, 0.1) is 17.8 Å². The molecule has 0 atom stereocenters. The van der Waals surface area contributed by atoms with E-state index in [4.69, 9.17) is 0 Å². The summed E-state index contributed by atoms with van der Waals surface area (Å²) >= 11 is 1.65. The van der Waals surface area contributed by atoms with Gasteiger partial charge in [-0.2, -0.15) is 0 Å². The lowest BCUT2D eigenvalue weighted by molar-refractivity contribution is 0.278. The number of pyridine rings is 1. The quantitative estimate of drug-likeness (QED) is 0.754. The summed E-state index contributed by atoms with van der Waals surface area (Å²) < 4.78 is 0. The monoisotopic (exact) mass is 287 g/mol. The molecule has 0 fully saturated rings. The Morgan fingerprint density at radius 1 is 1.35 bits per heavy atom. The van der Waals surface area contributed by atoms with Gasteiger partial charge in [-0.1, -0.05) is 19.4 Å². The maximum Gasteiger partial charge on any atom is 0.178 e. The fraction of sp³-hybridized carbons (Fsp3) is 0.333. The highest BCUT2D eigenvalue weighted by Gasteiger charge is 2.12. The Balaban J connectivity index is 2.07. The van der Waals surface area contributed by atoms with E-state index in [2.05, 4.69) is 21.9 Å². The first-order valence-electron chi connectivity index (χ1n) is 6.85. The molecule has 3 aromatic rings. The van der Waals surface area contributed by atoms with Crippen molar-refractivity contribution >= 4 is 22.5 Å². The van der Waals surface area contributed by atoms with Crippen molar-refractivity contribution in [3.8, 4) is 10.4 Å². The lowest BCUT2D eigenvalue weighted by atomic mass is 10.1. The van der Waals surface area contributed by atoms with Crippen molar-refractivity contribution in [2.45, 2.75) is 32.8 Å². The van der Waals surface area contributed by atoms with Crippen LogP contribution >= 0.6 is 11.3 Å². The number of nitrogens with zero attached hydrogens (tertiary/aromatic N) is 2. The van der Waals surface area contributed by atoms with Crippen LogP contribution in [0.1, 0.15) is 31.3 Å². The minimum absolute atomic E-state index is 0.0691. The number of imidazole rings is 1. The van der Waals surface area contributed by atoms with Gasteiger partial charge in [-0.15, -0.1) is 11.3 Å². The first-order chi connectivity index (χ1) is 9.81. The fourth-order valence-electron chi connectivity index (χ4n) is 2.26. The first kappa shape index (κ1) is 13.3. The Labute approximate surface area is 121 Å². The minimum atomic E-state index is -0.0691. The van der Waals surface area contributed by atoms with E-state index < -0.39 is 0 Å². The van der Waals surface area contributed by atoms with Crippen LogP contribution in [0, 0.1) is 0 Å². The highest BCUT2D eigenvalue weighted by atomic mass is 32.1. The van der Waals surface area contributed by atoms with Crippen LogP contribution in [0.5, 0.6) is 0 Å². The van der Waals surface area contributed by atoms with Crippen molar-refractivity contribution in [2.75, 3.05) is 0 Å². The zero-order valence-corrected chi connectivity index (χ0v) is 12.2. The second-order valence-corrected chi connectivity index (χ2v) is 5.72. The molecule has 0 saturated heterocycles. The zero-order valence-electron chi connectivity index (χ0n) is 11.4. The van der Waals surface area contributed by atoms with Gasteiger partial charge in [0.2, 0.25) is 0 Å². The molecule has 0 radical (unpaired) electrons. The molecule has 2 N–H and O–H groups in total. The van der Waals surface area contributed by atoms with Crippen molar-refractivity contribution in [3.63, 3.8) is 0 Å². The lowest BCUT2D eigenvalue weighted by Crippen LogP contribution is -1.93. The Bertz CT molecular complexity index is 703. The fourth-order valence-corrected chi connectivity index (χ4v) is 3.02. The molecule has 4 nitrogen and oxygen atoms in total. The van der Waals surface area contributed by atoms with E-state index in [0.717, 1.165) is 41.0 Å². The van der Waals surface area contributed by atoms with E-state index in [1.54, 1.807) is 11.3 Å². The predicted molar refractivity (Wildman–Crippen MR) is 81.7 cm³/mol. The van der Waals surface area contributed by atoms with E-state index in [0.29, 0.717) is 11.3 Å². The highest BCUT2D eigenvalue weighted by Crippen LogP contribution is 2.29. The predicted octanol–water partition coefficient (Wildman–Crippen LogP) is 3.52. The summed E-state index contributed by atoms with van der Waals surface area (Å²) in [4.78, 5) is 13.5. The van der Waals surface area contributed by atoms with Crippen LogP contribution in [0.4, 0.5) is 0 Å². The number of fused-ring (bicyclic) bond motifs is 1. The van der Waals surface area contributed by atoms with Crippen LogP contribution in [-0.2, 0) is 13.0 Å². The summed E-state index contributed by atoms with van der Waals surface area (Å²) in [6.07, 6.45) is 3.20. The van der Waals surface area contributed by atoms with Gasteiger partial charge >= 0.3 is 0 Å². The molecule has 0 unspecified atom stereocenters. The molecule has 3 aromatic heterocycles. The number of hydrogen-bond donors (Lipinski definition) is 2. The average Bonchev–Trinajstić information content (AvgIpc) is 3.11. The zero-order chi connectivity index (χ0) is 13.9. The molecule has 104 valence electrons. The van der Waals surface area contributed by atoms with Crippen LogP contribution in [-0.4, -0.2) is 20.1 Å². The van der Waals surface area contributed by atoms with E-state index in [-0.39, 0.29) is 6.61 Å². The van der Waals surface area contributed by atoms with E-state index in [1.165, 1.54) is 0 Å². The molecule has 0 bridgehead atoms. The molecular weight excluding hydrogens is 270 g/mol. The summed E-state index contributed by atoms with van der Waals surface area (Å²) in [6.45, 7) is 2.10. The number of aliphatic hydroxyl groups excluding tert-OH is 1. The molecule has 0 aromatic carbocycles. The number of thiophene rings is 1. The van der Waals surface area contributed by atoms with Crippen molar-refractivity contribution in [1.82, 2.24) is 15.0 Å². The molecule has 0 amide bonds. The van der Waals surface area contributed by atoms with Crippen LogP contribution < -0.4 is 0 Å². The molecule has 3 rings (SSSR count). The van der Waals surface area contributed by atoms with Crippen LogP contribution in [0.15, 0.2) is 23.6 Å². The molecule has 5 heteroatoms. The van der Waals surface area contributed by atoms with Crippen molar-refractivity contribution in [1.29, 1.82) is 0 Å². The maximum atomic E-state index is 9.53. The molecule has 0 aliphatic rings. The standard InChI is InChI=1S/C15H17N3OS/c1-2-3-6-14-16-11-8-10(13-5-4-7-20-13)12(9-19)17-15(11)18-14/h4-5,7-8,19H,2-3,6,9H2,1H3,(H,16,17,18). The minimum Gasteiger partial charge on any atom is -0.390 e. The second-order valence-electron chi connectivity index (χ2n) is 4.78. The van der Waals surface area contributed by atoms with Crippen molar-refractivity contribution in [3.05, 3.63) is 35.1 Å². The lowest BCUT2D eigenvalue weighted by Gasteiger charge is -2.03. The van der Waals surface area contributed by atoms with Gasteiger partial charge in [-0.05, 0) is 23.9 Å². The Hall–Kier alpha value is -1.72. The van der Waals surface area contributed by atoms with Gasteiger partial charge in [-0.3, -0.25) is 0 Å². The number of hydrogen-bond acceptors (Lipinski definition) is 4. The third-order valence-corrected chi connectivity index (χ3v) is 4.21. The number of aromatic amines is 1. The Kier molecular flexibility index (Phi) is 3.80. The van der Waals surface area contributed by atoms with E-state index in [9.17, 15) is 5.11 Å². The van der Waals surface area contributed by atoms with Gasteiger partial charge in [0.15, 0.2) is 5.65 Å². The topological polar surface area (TPSA) is 61.8 Å². The summed E-state index contributed by atoms with van der Waals surface area (Å²) in [6, 6.07) is 6.09. The molecule has 0 aliphatic carbocycles. The highest BCUT2D eigenvalue weighted by molar-refractivity contribution is 7.13. The van der Waals surface area contributed by atoms with E-state index in [1.807, 2.05) is 23.6 Å². The Morgan fingerprint density at radius 2 is 2.25 bits per heavy atom. The van der Waals surface area contributed by atoms with Gasteiger partial charge in [0, 0.05) is 16.9 Å². The number of rotatable bonds is 5. The second kappa shape index (κ2) is 5.73. The maximum absolute atomic E-state index is 9.53. The Morgan fingerprint density at radius 3 is 2.95 bits per heavy atom. The molecule has 0 spiro atoms. The number of aromatic nitrogens is 3. The number of H-pyrrole nitrogens is 1. The van der Waals surface area contributed by atoms with Crippen LogP contribution in [0.3, 0.4) is 0 Å². The average molecular weight is 287 g/mol. The van der Waals surface area contributed by atoms with Crippen molar-refractivity contribution < 1.29 is 5.11 Å². The summed E-state index contributed by atoms with van der Waals surface area (Å²) in [5.41, 5.74) is 3.31. The van der Waals surface area contributed by atoms with Crippen LogP contribution in [0.2, 0.25) is 0 Å². The van der Waals surface area contributed by atoms with Crippen molar-refractivity contribution in [2.24, 2.45) is 0 Å². The molecular formula is C15H17N3OS.